The molecule has 5 heteroatoms. The first-order valence-corrected chi connectivity index (χ1v) is 11.8. The second-order valence-corrected chi connectivity index (χ2v) is 9.31. The molecule has 32 heavy (non-hydrogen) atoms. The third-order valence-corrected chi connectivity index (χ3v) is 6.40. The topological polar surface area (TPSA) is 55.2 Å². The lowest BCUT2D eigenvalue weighted by molar-refractivity contribution is -0.135. The van der Waals surface area contributed by atoms with Crippen LogP contribution in [0.3, 0.4) is 0 Å². The summed E-state index contributed by atoms with van der Waals surface area (Å²) in [6.45, 7) is 9.13. The van der Waals surface area contributed by atoms with E-state index >= 15 is 0 Å². The molecule has 0 saturated heterocycles. The van der Waals surface area contributed by atoms with Crippen LogP contribution in [0, 0.1) is 11.8 Å². The molecule has 1 unspecified atom stereocenters. The molecule has 0 bridgehead atoms. The zero-order valence-corrected chi connectivity index (χ0v) is 19.5. The average molecular weight is 432 g/mol. The molecular weight excluding hydrogens is 398 g/mol. The average Bonchev–Trinajstić information content (AvgIpc) is 3.64. The van der Waals surface area contributed by atoms with Gasteiger partial charge in [-0.05, 0) is 68.4 Å². The van der Waals surface area contributed by atoms with Gasteiger partial charge in [0.2, 0.25) is 5.91 Å². The van der Waals surface area contributed by atoms with Gasteiger partial charge >= 0.3 is 0 Å². The van der Waals surface area contributed by atoms with Crippen LogP contribution in [0.2, 0.25) is 0 Å². The fraction of sp³-hybridized carbons (Fsp3) is 0.444. The number of amides is 1. The molecule has 168 valence electrons. The van der Waals surface area contributed by atoms with Crippen molar-refractivity contribution in [1.82, 2.24) is 14.5 Å². The van der Waals surface area contributed by atoms with Crippen molar-refractivity contribution in [2.75, 3.05) is 6.54 Å². The first-order chi connectivity index (χ1) is 15.4. The summed E-state index contributed by atoms with van der Waals surface area (Å²) in [4.78, 5) is 33.7. The second-order valence-electron chi connectivity index (χ2n) is 9.31. The van der Waals surface area contributed by atoms with E-state index in [9.17, 15) is 9.59 Å². The summed E-state index contributed by atoms with van der Waals surface area (Å²) >= 11 is 0. The van der Waals surface area contributed by atoms with Gasteiger partial charge < -0.3 is 4.90 Å². The molecule has 1 amide bonds. The number of aromatic nitrogens is 2. The second kappa shape index (κ2) is 9.27. The van der Waals surface area contributed by atoms with Crippen molar-refractivity contribution in [3.05, 3.63) is 70.3 Å². The number of rotatable bonds is 8. The van der Waals surface area contributed by atoms with E-state index in [1.165, 1.54) is 5.56 Å². The van der Waals surface area contributed by atoms with Crippen molar-refractivity contribution in [2.24, 2.45) is 11.8 Å². The minimum absolute atomic E-state index is 0.0932. The first-order valence-electron chi connectivity index (χ1n) is 11.8. The zero-order valence-electron chi connectivity index (χ0n) is 19.5. The van der Waals surface area contributed by atoms with Crippen molar-refractivity contribution in [3.8, 4) is 5.69 Å². The molecule has 1 aliphatic rings. The molecular formula is C27H33N3O2. The number of fused-ring (bicyclic) bond motifs is 1. The molecule has 4 rings (SSSR count). The molecule has 0 aliphatic heterocycles. The Bertz CT molecular complexity index is 1160. The molecule has 0 spiro atoms. The van der Waals surface area contributed by atoms with Gasteiger partial charge in [0, 0.05) is 12.5 Å². The number of aryl methyl sites for hydroxylation is 1. The molecule has 1 aliphatic carbocycles. The van der Waals surface area contributed by atoms with Gasteiger partial charge in [-0.2, -0.15) is 0 Å². The summed E-state index contributed by atoms with van der Waals surface area (Å²) in [7, 11) is 0. The fourth-order valence-corrected chi connectivity index (χ4v) is 4.16. The van der Waals surface area contributed by atoms with E-state index in [4.69, 9.17) is 4.98 Å². The first kappa shape index (κ1) is 22.3. The van der Waals surface area contributed by atoms with Gasteiger partial charge in [0.05, 0.1) is 22.6 Å². The lowest BCUT2D eigenvalue weighted by atomic mass is 10.1. The van der Waals surface area contributed by atoms with Gasteiger partial charge in [0.25, 0.3) is 5.56 Å². The number of carbonyl (C=O) groups excluding carboxylic acids is 1. The van der Waals surface area contributed by atoms with Gasteiger partial charge in [0.15, 0.2) is 0 Å². The predicted octanol–water partition coefficient (Wildman–Crippen LogP) is 5.29. The monoisotopic (exact) mass is 431 g/mol. The summed E-state index contributed by atoms with van der Waals surface area (Å²) in [6.07, 6.45) is 3.78. The van der Waals surface area contributed by atoms with E-state index in [2.05, 4.69) is 32.9 Å². The highest BCUT2D eigenvalue weighted by atomic mass is 16.2. The highest BCUT2D eigenvalue weighted by Gasteiger charge is 2.36. The fourth-order valence-electron chi connectivity index (χ4n) is 4.16. The Morgan fingerprint density at radius 2 is 1.78 bits per heavy atom. The SMILES string of the molecule is CCc1ccc(-n2c(C(C)N(CCC(C)C)C(=O)C3CC3)nc3ccccc3c2=O)cc1. The van der Waals surface area contributed by atoms with Crippen LogP contribution in [0.1, 0.15) is 64.4 Å². The van der Waals surface area contributed by atoms with E-state index in [1.807, 2.05) is 48.2 Å². The molecule has 2 aromatic carbocycles. The Morgan fingerprint density at radius 1 is 1.09 bits per heavy atom. The predicted molar refractivity (Wildman–Crippen MR) is 129 cm³/mol. The minimum atomic E-state index is -0.301. The highest BCUT2D eigenvalue weighted by molar-refractivity contribution is 5.82. The van der Waals surface area contributed by atoms with Crippen molar-refractivity contribution in [2.45, 2.75) is 59.4 Å². The molecule has 1 atom stereocenters. The van der Waals surface area contributed by atoms with Crippen LogP contribution in [0.15, 0.2) is 53.3 Å². The molecule has 0 N–H and O–H groups in total. The summed E-state index contributed by atoms with van der Waals surface area (Å²) in [5, 5.41) is 0.588. The van der Waals surface area contributed by atoms with Gasteiger partial charge in [-0.25, -0.2) is 4.98 Å². The van der Waals surface area contributed by atoms with E-state index in [0.29, 0.717) is 29.2 Å². The standard InChI is InChI=1S/C27H33N3O2/c1-5-20-10-14-22(15-11-20)30-25(28-24-9-7-6-8-23(24)27(30)32)19(4)29(17-16-18(2)3)26(31)21-12-13-21/h6-11,14-15,18-19,21H,5,12-13,16-17H2,1-4H3. The van der Waals surface area contributed by atoms with Crippen LogP contribution >= 0.6 is 0 Å². The summed E-state index contributed by atoms with van der Waals surface area (Å²) in [5.74, 6) is 1.42. The van der Waals surface area contributed by atoms with Crippen LogP contribution < -0.4 is 5.56 Å². The molecule has 0 radical (unpaired) electrons. The molecule has 3 aromatic rings. The Hall–Kier alpha value is -2.95. The number of carbonyl (C=O) groups is 1. The van der Waals surface area contributed by atoms with Crippen LogP contribution in [0.25, 0.3) is 16.6 Å². The Morgan fingerprint density at radius 3 is 2.41 bits per heavy atom. The molecule has 5 nitrogen and oxygen atoms in total. The van der Waals surface area contributed by atoms with Gasteiger partial charge in [0.1, 0.15) is 5.82 Å². The van der Waals surface area contributed by atoms with Crippen molar-refractivity contribution < 1.29 is 4.79 Å². The van der Waals surface area contributed by atoms with E-state index in [0.717, 1.165) is 31.4 Å². The lowest BCUT2D eigenvalue weighted by Crippen LogP contribution is -2.39. The van der Waals surface area contributed by atoms with Gasteiger partial charge in [-0.3, -0.25) is 14.2 Å². The summed E-state index contributed by atoms with van der Waals surface area (Å²) < 4.78 is 1.70. The van der Waals surface area contributed by atoms with E-state index in [1.54, 1.807) is 4.57 Å². The number of nitrogens with zero attached hydrogens (tertiary/aromatic N) is 3. The third kappa shape index (κ3) is 4.47. The van der Waals surface area contributed by atoms with Gasteiger partial charge in [-0.15, -0.1) is 0 Å². The maximum Gasteiger partial charge on any atom is 0.266 e. The summed E-state index contributed by atoms with van der Waals surface area (Å²) in [5.41, 5.74) is 2.58. The third-order valence-electron chi connectivity index (χ3n) is 6.40. The molecule has 1 fully saturated rings. The largest absolute Gasteiger partial charge is 0.333 e. The summed E-state index contributed by atoms with van der Waals surface area (Å²) in [6, 6.07) is 15.2. The number of hydrogen-bond acceptors (Lipinski definition) is 3. The molecule has 1 heterocycles. The van der Waals surface area contributed by atoms with Crippen LogP contribution in [0.4, 0.5) is 0 Å². The molecule has 1 saturated carbocycles. The number of hydrogen-bond donors (Lipinski definition) is 0. The van der Waals surface area contributed by atoms with Gasteiger partial charge in [-0.1, -0.05) is 45.0 Å². The Kier molecular flexibility index (Phi) is 6.45. The minimum Gasteiger partial charge on any atom is -0.333 e. The van der Waals surface area contributed by atoms with Crippen LogP contribution in [0.5, 0.6) is 0 Å². The quantitative estimate of drug-likeness (QED) is 0.487. The normalized spacial score (nSPS) is 14.7. The smallest absolute Gasteiger partial charge is 0.266 e. The highest BCUT2D eigenvalue weighted by Crippen LogP contribution is 2.34. The number of benzene rings is 2. The maximum atomic E-state index is 13.6. The van der Waals surface area contributed by atoms with Crippen molar-refractivity contribution in [1.29, 1.82) is 0 Å². The Balaban J connectivity index is 1.86. The van der Waals surface area contributed by atoms with Crippen LogP contribution in [-0.2, 0) is 11.2 Å². The van der Waals surface area contributed by atoms with Crippen LogP contribution in [-0.4, -0.2) is 26.9 Å². The maximum absolute atomic E-state index is 13.6. The van der Waals surface area contributed by atoms with E-state index in [-0.39, 0.29) is 23.4 Å². The number of para-hydroxylation sites is 1. The van der Waals surface area contributed by atoms with E-state index < -0.39 is 0 Å². The van der Waals surface area contributed by atoms with Crippen molar-refractivity contribution in [3.63, 3.8) is 0 Å². The lowest BCUT2D eigenvalue weighted by Gasteiger charge is -2.31. The zero-order chi connectivity index (χ0) is 22.8. The Labute approximate surface area is 190 Å². The van der Waals surface area contributed by atoms with Crippen molar-refractivity contribution >= 4 is 16.8 Å². The molecule has 1 aromatic heterocycles.